The lowest BCUT2D eigenvalue weighted by atomic mass is 10.0. The summed E-state index contributed by atoms with van der Waals surface area (Å²) in [5.74, 6) is 1.92. The fourth-order valence-corrected chi connectivity index (χ4v) is 4.12. The summed E-state index contributed by atoms with van der Waals surface area (Å²) in [6.45, 7) is 8.22. The number of nitrogens with zero attached hydrogens (tertiary/aromatic N) is 2. The second kappa shape index (κ2) is 9.61. The minimum Gasteiger partial charge on any atom is -0.492 e. The molecule has 0 aliphatic carbocycles. The normalized spacial score (nSPS) is 19.8. The van der Waals surface area contributed by atoms with E-state index < -0.39 is 0 Å². The van der Waals surface area contributed by atoms with Gasteiger partial charge < -0.3 is 14.6 Å². The molecule has 1 N–H and O–H groups in total. The molecule has 0 saturated carbocycles. The molecule has 2 aromatic rings. The van der Waals surface area contributed by atoms with Crippen molar-refractivity contribution in [3.8, 4) is 11.5 Å². The van der Waals surface area contributed by atoms with Gasteiger partial charge in [0.2, 0.25) is 0 Å². The zero-order valence-corrected chi connectivity index (χ0v) is 17.3. The minimum absolute atomic E-state index is 0.125. The lowest BCUT2D eigenvalue weighted by Gasteiger charge is -2.30. The van der Waals surface area contributed by atoms with Crippen molar-refractivity contribution in [2.45, 2.75) is 45.0 Å². The van der Waals surface area contributed by atoms with Gasteiger partial charge in [-0.3, -0.25) is 9.80 Å². The van der Waals surface area contributed by atoms with Crippen LogP contribution in [0.25, 0.3) is 0 Å². The van der Waals surface area contributed by atoms with E-state index in [1.165, 1.54) is 11.1 Å². The fourth-order valence-electron chi connectivity index (χ4n) is 4.12. The van der Waals surface area contributed by atoms with Crippen molar-refractivity contribution in [2.75, 3.05) is 32.8 Å². The number of likely N-dealkylation sites (tertiary alicyclic amines) is 1. The van der Waals surface area contributed by atoms with Gasteiger partial charge in [-0.05, 0) is 49.6 Å². The highest BCUT2D eigenvalue weighted by Crippen LogP contribution is 2.26. The van der Waals surface area contributed by atoms with Gasteiger partial charge in [0.1, 0.15) is 24.7 Å². The van der Waals surface area contributed by atoms with Crippen molar-refractivity contribution in [2.24, 2.45) is 0 Å². The summed E-state index contributed by atoms with van der Waals surface area (Å²) in [5.41, 5.74) is 2.57. The van der Waals surface area contributed by atoms with Crippen LogP contribution in [0.4, 0.5) is 0 Å². The monoisotopic (exact) mass is 396 g/mol. The third kappa shape index (κ3) is 5.50. The van der Waals surface area contributed by atoms with Gasteiger partial charge in [-0.15, -0.1) is 0 Å². The topological polar surface area (TPSA) is 45.2 Å². The molecule has 4 rings (SSSR count). The van der Waals surface area contributed by atoms with E-state index in [-0.39, 0.29) is 6.10 Å². The lowest BCUT2D eigenvalue weighted by Crippen LogP contribution is -2.38. The van der Waals surface area contributed by atoms with Crippen LogP contribution in [0.15, 0.2) is 48.5 Å². The van der Waals surface area contributed by atoms with Crippen LogP contribution >= 0.6 is 0 Å². The number of rotatable bonds is 6. The van der Waals surface area contributed by atoms with Crippen molar-refractivity contribution in [1.29, 1.82) is 0 Å². The highest BCUT2D eigenvalue weighted by molar-refractivity contribution is 5.38. The maximum Gasteiger partial charge on any atom is 0.123 e. The molecule has 0 aromatic heterocycles. The Morgan fingerprint density at radius 3 is 2.69 bits per heavy atom. The first-order valence-corrected chi connectivity index (χ1v) is 10.7. The van der Waals surface area contributed by atoms with Crippen LogP contribution in [-0.2, 0) is 13.1 Å². The largest absolute Gasteiger partial charge is 0.492 e. The molecule has 0 bridgehead atoms. The molecule has 1 saturated heterocycles. The smallest absolute Gasteiger partial charge is 0.123 e. The van der Waals surface area contributed by atoms with Crippen LogP contribution in [0.3, 0.4) is 0 Å². The third-order valence-electron chi connectivity index (χ3n) is 5.96. The molecule has 2 heterocycles. The number of para-hydroxylation sites is 1. The fraction of sp³-hybridized carbons (Fsp3) is 0.500. The molecular weight excluding hydrogens is 364 g/mol. The summed E-state index contributed by atoms with van der Waals surface area (Å²) >= 11 is 0. The zero-order valence-electron chi connectivity index (χ0n) is 17.3. The van der Waals surface area contributed by atoms with Crippen LogP contribution in [0.5, 0.6) is 11.5 Å². The average molecular weight is 397 g/mol. The van der Waals surface area contributed by atoms with Crippen molar-refractivity contribution in [1.82, 2.24) is 9.80 Å². The number of aliphatic hydroxyl groups excluding tert-OH is 1. The summed E-state index contributed by atoms with van der Waals surface area (Å²) in [7, 11) is 0. The van der Waals surface area contributed by atoms with Crippen LogP contribution in [0.2, 0.25) is 0 Å². The molecule has 1 unspecified atom stereocenters. The Bertz CT molecular complexity index is 775. The maximum atomic E-state index is 9.72. The number of aliphatic hydroxyl groups is 1. The summed E-state index contributed by atoms with van der Waals surface area (Å²) in [4.78, 5) is 4.87. The van der Waals surface area contributed by atoms with Gasteiger partial charge in [0, 0.05) is 44.3 Å². The van der Waals surface area contributed by atoms with Gasteiger partial charge in [0.05, 0.1) is 6.10 Å². The van der Waals surface area contributed by atoms with Crippen LogP contribution in [0, 0.1) is 0 Å². The summed E-state index contributed by atoms with van der Waals surface area (Å²) in [5, 5.41) is 9.72. The molecule has 0 radical (unpaired) electrons. The molecule has 0 spiro atoms. The highest BCUT2D eigenvalue weighted by atomic mass is 16.5. The molecule has 2 aliphatic rings. The van der Waals surface area contributed by atoms with E-state index in [2.05, 4.69) is 34.9 Å². The number of ether oxygens (including phenoxy) is 2. The number of hydrogen-bond donors (Lipinski definition) is 1. The van der Waals surface area contributed by atoms with Crippen LogP contribution < -0.4 is 9.47 Å². The lowest BCUT2D eigenvalue weighted by molar-refractivity contribution is 0.0792. The molecule has 5 heteroatoms. The van der Waals surface area contributed by atoms with Gasteiger partial charge >= 0.3 is 0 Å². The summed E-state index contributed by atoms with van der Waals surface area (Å²) < 4.78 is 12.0. The third-order valence-corrected chi connectivity index (χ3v) is 5.96. The van der Waals surface area contributed by atoms with Gasteiger partial charge in [0.15, 0.2) is 0 Å². The van der Waals surface area contributed by atoms with E-state index in [4.69, 9.17) is 9.47 Å². The van der Waals surface area contributed by atoms with E-state index in [1.54, 1.807) is 0 Å². The second-order valence-electron chi connectivity index (χ2n) is 8.24. The minimum atomic E-state index is -0.125. The van der Waals surface area contributed by atoms with Crippen molar-refractivity contribution in [3.63, 3.8) is 0 Å². The maximum absolute atomic E-state index is 9.72. The van der Waals surface area contributed by atoms with Crippen molar-refractivity contribution < 1.29 is 14.6 Å². The van der Waals surface area contributed by atoms with E-state index in [1.807, 2.05) is 30.3 Å². The second-order valence-corrected chi connectivity index (χ2v) is 8.24. The molecule has 29 heavy (non-hydrogen) atoms. The molecular formula is C24H32N2O3. The predicted molar refractivity (Wildman–Crippen MR) is 114 cm³/mol. The Morgan fingerprint density at radius 2 is 1.90 bits per heavy atom. The molecule has 1 fully saturated rings. The SMILES string of the molecule is CC(COc1ccccc1)N1CCOc2ccc(CN3CCC(O)CC3)cc2C1. The van der Waals surface area contributed by atoms with Gasteiger partial charge in [-0.25, -0.2) is 0 Å². The Hall–Kier alpha value is -2.08. The van der Waals surface area contributed by atoms with Crippen LogP contribution in [0.1, 0.15) is 30.9 Å². The Balaban J connectivity index is 1.38. The molecule has 156 valence electrons. The molecule has 2 aliphatic heterocycles. The Kier molecular flexibility index (Phi) is 6.70. The standard InChI is InChI=1S/C24H32N2O3/c1-19(18-29-23-5-3-2-4-6-23)26-13-14-28-24-8-7-20(15-21(24)17-26)16-25-11-9-22(27)10-12-25/h2-8,15,19,22,27H,9-14,16-18H2,1H3. The summed E-state index contributed by atoms with van der Waals surface area (Å²) in [6, 6.07) is 16.9. The van der Waals surface area contributed by atoms with E-state index >= 15 is 0 Å². The van der Waals surface area contributed by atoms with E-state index in [0.717, 1.165) is 57.1 Å². The van der Waals surface area contributed by atoms with Crippen LogP contribution in [-0.4, -0.2) is 59.9 Å². The van der Waals surface area contributed by atoms with Gasteiger partial charge in [0.25, 0.3) is 0 Å². The average Bonchev–Trinajstić information content (AvgIpc) is 2.96. The van der Waals surface area contributed by atoms with Gasteiger partial charge in [-0.2, -0.15) is 0 Å². The number of benzene rings is 2. The predicted octanol–water partition coefficient (Wildman–Crippen LogP) is 3.31. The number of hydrogen-bond acceptors (Lipinski definition) is 5. The quantitative estimate of drug-likeness (QED) is 0.812. The van der Waals surface area contributed by atoms with Gasteiger partial charge in [-0.1, -0.05) is 24.3 Å². The van der Waals surface area contributed by atoms with E-state index in [9.17, 15) is 5.11 Å². The van der Waals surface area contributed by atoms with Crippen molar-refractivity contribution >= 4 is 0 Å². The Labute approximate surface area is 173 Å². The zero-order chi connectivity index (χ0) is 20.1. The van der Waals surface area contributed by atoms with E-state index in [0.29, 0.717) is 19.3 Å². The first-order chi connectivity index (χ1) is 14.2. The highest BCUT2D eigenvalue weighted by Gasteiger charge is 2.22. The van der Waals surface area contributed by atoms with Crippen molar-refractivity contribution in [3.05, 3.63) is 59.7 Å². The Morgan fingerprint density at radius 1 is 1.10 bits per heavy atom. The number of fused-ring (bicyclic) bond motifs is 1. The first-order valence-electron chi connectivity index (χ1n) is 10.7. The molecule has 0 amide bonds. The number of piperidine rings is 1. The molecule has 1 atom stereocenters. The summed E-state index contributed by atoms with van der Waals surface area (Å²) in [6.07, 6.45) is 1.63. The first kappa shape index (κ1) is 20.2. The molecule has 5 nitrogen and oxygen atoms in total. The molecule has 2 aromatic carbocycles.